The summed E-state index contributed by atoms with van der Waals surface area (Å²) in [5, 5.41) is 11.7. The third kappa shape index (κ3) is 4.63. The zero-order chi connectivity index (χ0) is 14.3. The van der Waals surface area contributed by atoms with Gasteiger partial charge in [-0.2, -0.15) is 0 Å². The molecule has 0 aliphatic rings. The second-order valence-corrected chi connectivity index (χ2v) is 4.13. The number of hydrogen-bond donors (Lipinski definition) is 3. The molecule has 0 bridgehead atoms. The largest absolute Gasteiger partial charge is 0.495 e. The Hall–Kier alpha value is -2.01. The van der Waals surface area contributed by atoms with Crippen molar-refractivity contribution in [1.82, 2.24) is 5.32 Å². The Morgan fingerprint density at radius 3 is 2.84 bits per heavy atom. The number of benzene rings is 1. The number of nitrogens with two attached hydrogens (primary N) is 1. The van der Waals surface area contributed by atoms with E-state index >= 15 is 0 Å². The van der Waals surface area contributed by atoms with Gasteiger partial charge in [0.05, 0.1) is 25.4 Å². The van der Waals surface area contributed by atoms with Crippen LogP contribution in [0.4, 0.5) is 5.69 Å². The number of hydrogen-bond acceptors (Lipinski definition) is 4. The first-order valence-electron chi connectivity index (χ1n) is 6.13. The molecule has 1 atom stereocenters. The lowest BCUT2D eigenvalue weighted by Crippen LogP contribution is -2.35. The van der Waals surface area contributed by atoms with Gasteiger partial charge in [0, 0.05) is 6.08 Å². The van der Waals surface area contributed by atoms with Gasteiger partial charge in [0.1, 0.15) is 5.75 Å². The predicted molar refractivity (Wildman–Crippen MR) is 75.7 cm³/mol. The van der Waals surface area contributed by atoms with Crippen LogP contribution in [0.2, 0.25) is 0 Å². The molecular weight excluding hydrogens is 244 g/mol. The number of carbonyl (C=O) groups is 1. The Kier molecular flexibility index (Phi) is 5.89. The summed E-state index contributed by atoms with van der Waals surface area (Å²) in [6.07, 6.45) is 3.76. The van der Waals surface area contributed by atoms with Crippen LogP contribution in [0.25, 0.3) is 6.08 Å². The summed E-state index contributed by atoms with van der Waals surface area (Å²) in [6, 6.07) is 5.07. The average molecular weight is 264 g/mol. The first kappa shape index (κ1) is 15.0. The van der Waals surface area contributed by atoms with Crippen LogP contribution in [0.3, 0.4) is 0 Å². The minimum Gasteiger partial charge on any atom is -0.495 e. The van der Waals surface area contributed by atoms with Crippen molar-refractivity contribution >= 4 is 17.7 Å². The van der Waals surface area contributed by atoms with Crippen molar-refractivity contribution < 1.29 is 14.6 Å². The van der Waals surface area contributed by atoms with Gasteiger partial charge in [0.15, 0.2) is 0 Å². The van der Waals surface area contributed by atoms with Crippen LogP contribution in [0.5, 0.6) is 5.75 Å². The van der Waals surface area contributed by atoms with Crippen molar-refractivity contribution in [2.24, 2.45) is 0 Å². The maximum absolute atomic E-state index is 11.6. The number of amides is 1. The number of anilines is 1. The molecule has 0 heterocycles. The monoisotopic (exact) mass is 264 g/mol. The maximum Gasteiger partial charge on any atom is 0.244 e. The fourth-order valence-electron chi connectivity index (χ4n) is 1.55. The van der Waals surface area contributed by atoms with Crippen molar-refractivity contribution in [3.63, 3.8) is 0 Å². The van der Waals surface area contributed by atoms with E-state index in [1.165, 1.54) is 6.08 Å². The molecule has 0 fully saturated rings. The quantitative estimate of drug-likeness (QED) is 0.532. The van der Waals surface area contributed by atoms with E-state index in [0.717, 1.165) is 5.56 Å². The molecule has 0 radical (unpaired) electrons. The summed E-state index contributed by atoms with van der Waals surface area (Å²) in [6.45, 7) is 1.83. The fourth-order valence-corrected chi connectivity index (χ4v) is 1.55. The normalized spacial score (nSPS) is 12.4. The van der Waals surface area contributed by atoms with Crippen molar-refractivity contribution in [2.45, 2.75) is 19.4 Å². The lowest BCUT2D eigenvalue weighted by molar-refractivity contribution is -0.117. The molecule has 1 aromatic rings. The number of nitrogen functional groups attached to an aromatic ring is 1. The molecule has 1 unspecified atom stereocenters. The van der Waals surface area contributed by atoms with Gasteiger partial charge in [0.25, 0.3) is 0 Å². The molecule has 104 valence electrons. The van der Waals surface area contributed by atoms with Crippen LogP contribution in [0.15, 0.2) is 24.3 Å². The molecule has 1 amide bonds. The van der Waals surface area contributed by atoms with E-state index in [-0.39, 0.29) is 18.6 Å². The molecule has 5 nitrogen and oxygen atoms in total. The topological polar surface area (TPSA) is 84.6 Å². The maximum atomic E-state index is 11.6. The molecule has 0 aromatic heterocycles. The van der Waals surface area contributed by atoms with Crippen molar-refractivity contribution in [3.8, 4) is 5.75 Å². The Morgan fingerprint density at radius 1 is 1.58 bits per heavy atom. The van der Waals surface area contributed by atoms with E-state index in [1.807, 2.05) is 13.0 Å². The number of aliphatic hydroxyl groups is 1. The fraction of sp³-hybridized carbons (Fsp3) is 0.357. The van der Waals surface area contributed by atoms with Crippen LogP contribution in [0.1, 0.15) is 18.9 Å². The number of nitrogens with one attached hydrogen (secondary N) is 1. The van der Waals surface area contributed by atoms with E-state index in [0.29, 0.717) is 17.9 Å². The van der Waals surface area contributed by atoms with E-state index in [9.17, 15) is 4.79 Å². The minimum atomic E-state index is -0.240. The number of ether oxygens (including phenoxy) is 1. The van der Waals surface area contributed by atoms with Gasteiger partial charge in [-0.15, -0.1) is 0 Å². The van der Waals surface area contributed by atoms with Crippen molar-refractivity contribution in [3.05, 3.63) is 29.8 Å². The van der Waals surface area contributed by atoms with Gasteiger partial charge >= 0.3 is 0 Å². The summed E-state index contributed by atoms with van der Waals surface area (Å²) < 4.78 is 5.05. The van der Waals surface area contributed by atoms with Crippen LogP contribution < -0.4 is 15.8 Å². The summed E-state index contributed by atoms with van der Waals surface area (Å²) in [4.78, 5) is 11.6. The minimum absolute atomic E-state index is 0.0639. The zero-order valence-electron chi connectivity index (χ0n) is 11.2. The lowest BCUT2D eigenvalue weighted by atomic mass is 10.1. The highest BCUT2D eigenvalue weighted by Gasteiger charge is 2.06. The third-order valence-corrected chi connectivity index (χ3v) is 2.74. The number of methoxy groups -OCH3 is 1. The Morgan fingerprint density at radius 2 is 2.32 bits per heavy atom. The van der Waals surface area contributed by atoms with Gasteiger partial charge < -0.3 is 20.9 Å². The lowest BCUT2D eigenvalue weighted by Gasteiger charge is -2.11. The van der Waals surface area contributed by atoms with Crippen LogP contribution in [0, 0.1) is 0 Å². The highest BCUT2D eigenvalue weighted by Crippen LogP contribution is 2.22. The van der Waals surface area contributed by atoms with Crippen LogP contribution in [-0.4, -0.2) is 30.8 Å². The number of rotatable bonds is 6. The molecule has 5 heteroatoms. The van der Waals surface area contributed by atoms with E-state index in [4.69, 9.17) is 15.6 Å². The van der Waals surface area contributed by atoms with E-state index < -0.39 is 0 Å². The van der Waals surface area contributed by atoms with Gasteiger partial charge in [-0.05, 0) is 30.2 Å². The highest BCUT2D eigenvalue weighted by atomic mass is 16.5. The molecule has 4 N–H and O–H groups in total. The molecule has 0 saturated carbocycles. The van der Waals surface area contributed by atoms with Gasteiger partial charge in [-0.1, -0.05) is 13.0 Å². The summed E-state index contributed by atoms with van der Waals surface area (Å²) in [7, 11) is 1.55. The first-order chi connectivity index (χ1) is 9.10. The molecular formula is C14H20N2O3. The van der Waals surface area contributed by atoms with Crippen LogP contribution in [-0.2, 0) is 4.79 Å². The Labute approximate surface area is 113 Å². The van der Waals surface area contributed by atoms with E-state index in [1.54, 1.807) is 25.3 Å². The van der Waals surface area contributed by atoms with Gasteiger partial charge in [-0.25, -0.2) is 0 Å². The molecule has 0 saturated heterocycles. The summed E-state index contributed by atoms with van der Waals surface area (Å²) in [5.74, 6) is 0.364. The van der Waals surface area contributed by atoms with Crippen molar-refractivity contribution in [2.75, 3.05) is 19.5 Å². The van der Waals surface area contributed by atoms with Gasteiger partial charge in [0.2, 0.25) is 5.91 Å². The second kappa shape index (κ2) is 7.43. The second-order valence-electron chi connectivity index (χ2n) is 4.13. The smallest absolute Gasteiger partial charge is 0.244 e. The molecule has 1 rings (SSSR count). The summed E-state index contributed by atoms with van der Waals surface area (Å²) in [5.41, 5.74) is 7.10. The third-order valence-electron chi connectivity index (χ3n) is 2.74. The standard InChI is InChI=1S/C14H20N2O3/c1-3-11(9-17)16-14(18)7-5-10-4-6-13(19-2)12(15)8-10/h4-8,11,17H,3,9,15H2,1-2H3,(H,16,18)/b7-5-. The Bertz CT molecular complexity index is 454. The average Bonchev–Trinajstić information content (AvgIpc) is 2.42. The molecule has 19 heavy (non-hydrogen) atoms. The molecule has 0 aliphatic carbocycles. The van der Waals surface area contributed by atoms with Crippen LogP contribution >= 0.6 is 0 Å². The molecule has 1 aromatic carbocycles. The number of aliphatic hydroxyl groups excluding tert-OH is 1. The van der Waals surface area contributed by atoms with E-state index in [2.05, 4.69) is 5.32 Å². The Balaban J connectivity index is 2.66. The SMILES string of the molecule is CCC(CO)NC(=O)/C=C\c1ccc(OC)c(N)c1. The summed E-state index contributed by atoms with van der Waals surface area (Å²) >= 11 is 0. The highest BCUT2D eigenvalue weighted by molar-refractivity contribution is 5.92. The van der Waals surface area contributed by atoms with Gasteiger partial charge in [-0.3, -0.25) is 4.79 Å². The first-order valence-corrected chi connectivity index (χ1v) is 6.13. The predicted octanol–water partition coefficient (Wildman–Crippen LogP) is 1.18. The van der Waals surface area contributed by atoms with Crippen molar-refractivity contribution in [1.29, 1.82) is 0 Å². The molecule has 0 spiro atoms. The number of carbonyl (C=O) groups excluding carboxylic acids is 1. The zero-order valence-corrected chi connectivity index (χ0v) is 11.2. The molecule has 0 aliphatic heterocycles.